The van der Waals surface area contributed by atoms with Crippen LogP contribution in [-0.4, -0.2) is 7.11 Å². The summed E-state index contributed by atoms with van der Waals surface area (Å²) in [5.74, 6) is 3.75. The van der Waals surface area contributed by atoms with Crippen molar-refractivity contribution in [3.05, 3.63) is 29.8 Å². The van der Waals surface area contributed by atoms with E-state index in [9.17, 15) is 0 Å². The Bertz CT molecular complexity index is 356. The van der Waals surface area contributed by atoms with Gasteiger partial charge in [0.05, 0.1) is 12.5 Å². The highest BCUT2D eigenvalue weighted by atomic mass is 16.5. The lowest BCUT2D eigenvalue weighted by Gasteiger charge is -2.08. The second-order valence-electron chi connectivity index (χ2n) is 3.46. The Morgan fingerprint density at radius 2 is 2.23 bits per heavy atom. The zero-order chi connectivity index (χ0) is 9.31. The van der Waals surface area contributed by atoms with Gasteiger partial charge in [-0.3, -0.25) is 0 Å². The van der Waals surface area contributed by atoms with Crippen LogP contribution in [-0.2, 0) is 5.41 Å². The molecule has 0 N–H and O–H groups in total. The van der Waals surface area contributed by atoms with Crippen LogP contribution in [0.5, 0.6) is 5.75 Å². The van der Waals surface area contributed by atoms with Gasteiger partial charge in [0.25, 0.3) is 0 Å². The molecule has 0 radical (unpaired) electrons. The van der Waals surface area contributed by atoms with Crippen molar-refractivity contribution >= 4 is 0 Å². The minimum atomic E-state index is 0.0224. The van der Waals surface area contributed by atoms with Gasteiger partial charge in [-0.2, -0.15) is 0 Å². The summed E-state index contributed by atoms with van der Waals surface area (Å²) < 4.78 is 5.15. The molecular weight excluding hydrogens is 160 g/mol. The lowest BCUT2D eigenvalue weighted by molar-refractivity contribution is 0.414. The number of terminal acetylenes is 1. The third kappa shape index (κ3) is 1.29. The van der Waals surface area contributed by atoms with Crippen LogP contribution in [0.15, 0.2) is 24.3 Å². The zero-order valence-corrected chi connectivity index (χ0v) is 7.71. The normalized spacial score (nSPS) is 17.5. The van der Waals surface area contributed by atoms with Crippen LogP contribution in [0.1, 0.15) is 18.4 Å². The largest absolute Gasteiger partial charge is 0.497 e. The van der Waals surface area contributed by atoms with E-state index in [2.05, 4.69) is 12.0 Å². The molecule has 0 saturated heterocycles. The van der Waals surface area contributed by atoms with Gasteiger partial charge in [-0.05, 0) is 30.5 Å². The first-order chi connectivity index (χ1) is 6.30. The maximum absolute atomic E-state index is 5.50. The average molecular weight is 172 g/mol. The summed E-state index contributed by atoms with van der Waals surface area (Å²) in [5, 5.41) is 0. The third-order valence-corrected chi connectivity index (χ3v) is 2.65. The van der Waals surface area contributed by atoms with Gasteiger partial charge in [0.15, 0.2) is 0 Å². The fraction of sp³-hybridized carbons (Fsp3) is 0.333. The Morgan fingerprint density at radius 3 is 2.77 bits per heavy atom. The van der Waals surface area contributed by atoms with Gasteiger partial charge in [-0.15, -0.1) is 6.42 Å². The van der Waals surface area contributed by atoms with Crippen molar-refractivity contribution in [2.24, 2.45) is 0 Å². The number of methoxy groups -OCH3 is 1. The molecule has 1 saturated carbocycles. The topological polar surface area (TPSA) is 9.23 Å². The summed E-state index contributed by atoms with van der Waals surface area (Å²) in [4.78, 5) is 0. The fourth-order valence-corrected chi connectivity index (χ4v) is 1.56. The molecule has 1 aromatic carbocycles. The molecule has 0 amide bonds. The van der Waals surface area contributed by atoms with Gasteiger partial charge in [0.1, 0.15) is 5.75 Å². The monoisotopic (exact) mass is 172 g/mol. The molecule has 0 heterocycles. The molecule has 0 aromatic heterocycles. The molecule has 1 aromatic rings. The van der Waals surface area contributed by atoms with Crippen molar-refractivity contribution in [2.45, 2.75) is 18.3 Å². The highest BCUT2D eigenvalue weighted by molar-refractivity contribution is 5.43. The maximum Gasteiger partial charge on any atom is 0.119 e. The van der Waals surface area contributed by atoms with Crippen LogP contribution < -0.4 is 4.74 Å². The number of benzene rings is 1. The second-order valence-corrected chi connectivity index (χ2v) is 3.46. The highest BCUT2D eigenvalue weighted by Gasteiger charge is 2.42. The fourth-order valence-electron chi connectivity index (χ4n) is 1.56. The van der Waals surface area contributed by atoms with E-state index >= 15 is 0 Å². The van der Waals surface area contributed by atoms with E-state index in [0.717, 1.165) is 18.6 Å². The van der Waals surface area contributed by atoms with Gasteiger partial charge in [-0.1, -0.05) is 18.1 Å². The zero-order valence-electron chi connectivity index (χ0n) is 7.71. The summed E-state index contributed by atoms with van der Waals surface area (Å²) in [6, 6.07) is 8.05. The average Bonchev–Trinajstić information content (AvgIpc) is 2.99. The van der Waals surface area contributed by atoms with Gasteiger partial charge in [0.2, 0.25) is 0 Å². The van der Waals surface area contributed by atoms with E-state index < -0.39 is 0 Å². The molecule has 1 aliphatic carbocycles. The number of ether oxygens (including phenoxy) is 1. The first-order valence-corrected chi connectivity index (χ1v) is 4.43. The van der Waals surface area contributed by atoms with Gasteiger partial charge >= 0.3 is 0 Å². The summed E-state index contributed by atoms with van der Waals surface area (Å²) >= 11 is 0. The smallest absolute Gasteiger partial charge is 0.119 e. The van der Waals surface area contributed by atoms with E-state index in [1.54, 1.807) is 7.11 Å². The molecule has 13 heavy (non-hydrogen) atoms. The quantitative estimate of drug-likeness (QED) is 0.622. The number of hydrogen-bond donors (Lipinski definition) is 0. The van der Waals surface area contributed by atoms with Crippen molar-refractivity contribution in [3.8, 4) is 18.1 Å². The van der Waals surface area contributed by atoms with Crippen LogP contribution in [0.25, 0.3) is 0 Å². The molecule has 1 aliphatic rings. The van der Waals surface area contributed by atoms with E-state index in [-0.39, 0.29) is 5.41 Å². The minimum Gasteiger partial charge on any atom is -0.497 e. The summed E-state index contributed by atoms with van der Waals surface area (Å²) in [5.41, 5.74) is 1.24. The molecule has 0 unspecified atom stereocenters. The SMILES string of the molecule is C#CC1(c2cccc(OC)c2)CC1. The van der Waals surface area contributed by atoms with Gasteiger partial charge in [0, 0.05) is 0 Å². The molecule has 0 spiro atoms. The first kappa shape index (κ1) is 8.19. The molecular formula is C12H12O. The Balaban J connectivity index is 2.37. The predicted molar refractivity (Wildman–Crippen MR) is 52.7 cm³/mol. The summed E-state index contributed by atoms with van der Waals surface area (Å²) in [7, 11) is 1.68. The molecule has 0 aliphatic heterocycles. The van der Waals surface area contributed by atoms with Crippen LogP contribution in [0.4, 0.5) is 0 Å². The number of rotatable bonds is 2. The van der Waals surface area contributed by atoms with Crippen LogP contribution in [0, 0.1) is 12.3 Å². The Morgan fingerprint density at radius 1 is 1.46 bits per heavy atom. The standard InChI is InChI=1S/C12H12O/c1-3-12(7-8-12)10-5-4-6-11(9-10)13-2/h1,4-6,9H,7-8H2,2H3. The molecule has 0 bridgehead atoms. The van der Waals surface area contributed by atoms with Crippen LogP contribution in [0.3, 0.4) is 0 Å². The highest BCUT2D eigenvalue weighted by Crippen LogP contribution is 2.48. The van der Waals surface area contributed by atoms with E-state index in [0.29, 0.717) is 0 Å². The Labute approximate surface area is 78.7 Å². The first-order valence-electron chi connectivity index (χ1n) is 4.43. The van der Waals surface area contributed by atoms with E-state index in [1.807, 2.05) is 18.2 Å². The molecule has 1 fully saturated rings. The molecule has 0 atom stereocenters. The summed E-state index contributed by atoms with van der Waals surface area (Å²) in [6.45, 7) is 0. The van der Waals surface area contributed by atoms with Gasteiger partial charge in [-0.25, -0.2) is 0 Å². The lowest BCUT2D eigenvalue weighted by atomic mass is 9.97. The Kier molecular flexibility index (Phi) is 1.77. The number of hydrogen-bond acceptors (Lipinski definition) is 1. The van der Waals surface area contributed by atoms with Crippen molar-refractivity contribution in [3.63, 3.8) is 0 Å². The van der Waals surface area contributed by atoms with E-state index in [1.165, 1.54) is 5.56 Å². The minimum absolute atomic E-state index is 0.0224. The third-order valence-electron chi connectivity index (χ3n) is 2.65. The van der Waals surface area contributed by atoms with Crippen LogP contribution >= 0.6 is 0 Å². The predicted octanol–water partition coefficient (Wildman–Crippen LogP) is 2.36. The molecule has 2 rings (SSSR count). The van der Waals surface area contributed by atoms with Crippen molar-refractivity contribution in [2.75, 3.05) is 7.11 Å². The molecule has 1 nitrogen and oxygen atoms in total. The Hall–Kier alpha value is -1.42. The second kappa shape index (κ2) is 2.81. The summed E-state index contributed by atoms with van der Waals surface area (Å²) in [6.07, 6.45) is 7.72. The van der Waals surface area contributed by atoms with Crippen LogP contribution in [0.2, 0.25) is 0 Å². The maximum atomic E-state index is 5.50. The van der Waals surface area contributed by atoms with Crippen molar-refractivity contribution in [1.29, 1.82) is 0 Å². The molecule has 1 heteroatoms. The van der Waals surface area contributed by atoms with Crippen molar-refractivity contribution in [1.82, 2.24) is 0 Å². The molecule has 66 valence electrons. The van der Waals surface area contributed by atoms with E-state index in [4.69, 9.17) is 11.2 Å². The lowest BCUT2D eigenvalue weighted by Crippen LogP contribution is -2.02. The van der Waals surface area contributed by atoms with Crippen molar-refractivity contribution < 1.29 is 4.74 Å². The van der Waals surface area contributed by atoms with Gasteiger partial charge < -0.3 is 4.74 Å².